The highest BCUT2D eigenvalue weighted by Crippen LogP contribution is 2.52. The SMILES string of the molecule is CN(C)CCNS(=O)(=O)c1ccc(-c2ccc(CN(C(=O)C(N)c3ccc(O)cc3)[C@@H]3C(=O)N4[C@@H]3SC(C)(C)[C@@H]4C(=O)O)c(=O)[nH]2)cc1. The number of carbonyl (C=O) groups excluding carboxylic acids is 2. The van der Waals surface area contributed by atoms with Gasteiger partial charge in [0.1, 0.15) is 29.2 Å². The molecule has 2 fully saturated rings. The van der Waals surface area contributed by atoms with Crippen LogP contribution in [0.1, 0.15) is 31.0 Å². The number of thioether (sulfide) groups is 1. The second kappa shape index (κ2) is 13.4. The maximum absolute atomic E-state index is 14.0. The Bertz CT molecular complexity index is 1880. The lowest BCUT2D eigenvalue weighted by atomic mass is 9.94. The summed E-state index contributed by atoms with van der Waals surface area (Å²) in [6, 6.07) is 11.4. The Labute approximate surface area is 282 Å². The summed E-state index contributed by atoms with van der Waals surface area (Å²) in [6.07, 6.45) is 0. The number of rotatable bonds is 12. The first-order valence-corrected chi connectivity index (χ1v) is 17.4. The number of phenols is 1. The van der Waals surface area contributed by atoms with Gasteiger partial charge in [-0.05, 0) is 75.5 Å². The van der Waals surface area contributed by atoms with Crippen molar-refractivity contribution in [1.29, 1.82) is 0 Å². The fraction of sp³-hybridized carbons (Fsp3) is 0.375. The summed E-state index contributed by atoms with van der Waals surface area (Å²) in [5.41, 5.74) is 7.28. The second-order valence-electron chi connectivity index (χ2n) is 12.5. The van der Waals surface area contributed by atoms with Crippen molar-refractivity contribution in [3.8, 4) is 17.0 Å². The molecule has 0 spiro atoms. The number of β-lactam (4-membered cyclic amide) rings is 1. The minimum atomic E-state index is -3.73. The Morgan fingerprint density at radius 1 is 1.06 bits per heavy atom. The molecule has 6 N–H and O–H groups in total. The molecule has 2 aliphatic rings. The number of aromatic hydroxyl groups is 1. The zero-order valence-corrected chi connectivity index (χ0v) is 28.4. The Morgan fingerprint density at radius 2 is 1.71 bits per heavy atom. The maximum Gasteiger partial charge on any atom is 0.327 e. The van der Waals surface area contributed by atoms with E-state index < -0.39 is 61.6 Å². The van der Waals surface area contributed by atoms with Crippen LogP contribution >= 0.6 is 11.8 Å². The molecule has 5 rings (SSSR count). The number of nitrogens with one attached hydrogen (secondary N) is 2. The largest absolute Gasteiger partial charge is 0.508 e. The summed E-state index contributed by atoms with van der Waals surface area (Å²) in [7, 11) is -0.0531. The summed E-state index contributed by atoms with van der Waals surface area (Å²) in [6.45, 7) is 3.92. The zero-order chi connectivity index (χ0) is 35.1. The van der Waals surface area contributed by atoms with Crippen LogP contribution in [0, 0.1) is 0 Å². The number of phenolic OH excluding ortho intramolecular Hbond substituents is 1. The molecule has 1 aromatic heterocycles. The van der Waals surface area contributed by atoms with Crippen LogP contribution in [0.2, 0.25) is 0 Å². The number of hydrogen-bond acceptors (Lipinski definition) is 10. The summed E-state index contributed by atoms with van der Waals surface area (Å²) >= 11 is 1.26. The van der Waals surface area contributed by atoms with Crippen LogP contribution in [-0.2, 0) is 31.0 Å². The third-order valence-corrected chi connectivity index (χ3v) is 11.5. The number of pyridine rings is 1. The van der Waals surface area contributed by atoms with Gasteiger partial charge in [0.25, 0.3) is 5.56 Å². The average Bonchev–Trinajstić information content (AvgIpc) is 3.28. The first kappa shape index (κ1) is 35.1. The monoisotopic (exact) mass is 698 g/mol. The molecule has 2 amide bonds. The average molecular weight is 699 g/mol. The Kier molecular flexibility index (Phi) is 9.76. The van der Waals surface area contributed by atoms with Gasteiger partial charge in [-0.25, -0.2) is 17.9 Å². The van der Waals surface area contributed by atoms with Crippen molar-refractivity contribution in [2.24, 2.45) is 5.73 Å². The van der Waals surface area contributed by atoms with E-state index in [0.717, 1.165) is 0 Å². The predicted octanol–water partition coefficient (Wildman–Crippen LogP) is 1.13. The number of nitrogens with two attached hydrogens (primary N) is 1. The normalized spacial score (nSPS) is 20.7. The number of hydrogen-bond donors (Lipinski definition) is 5. The van der Waals surface area contributed by atoms with Gasteiger partial charge in [0.15, 0.2) is 0 Å². The Hall–Kier alpha value is -4.22. The number of aromatic amines is 1. The molecule has 2 aromatic carbocycles. The van der Waals surface area contributed by atoms with Crippen LogP contribution in [0.5, 0.6) is 5.75 Å². The van der Waals surface area contributed by atoms with Crippen LogP contribution in [0.15, 0.2) is 70.4 Å². The van der Waals surface area contributed by atoms with E-state index >= 15 is 0 Å². The third kappa shape index (κ3) is 6.84. The number of H-pyrrole nitrogens is 1. The number of amides is 2. The molecule has 16 heteroatoms. The molecular weight excluding hydrogens is 661 g/mol. The van der Waals surface area contributed by atoms with Crippen molar-refractivity contribution < 1.29 is 33.0 Å². The van der Waals surface area contributed by atoms with Crippen molar-refractivity contribution in [2.45, 2.75) is 53.5 Å². The highest BCUT2D eigenvalue weighted by molar-refractivity contribution is 8.01. The fourth-order valence-electron chi connectivity index (χ4n) is 5.88. The molecule has 256 valence electrons. The zero-order valence-electron chi connectivity index (χ0n) is 26.8. The molecule has 2 saturated heterocycles. The van der Waals surface area contributed by atoms with Gasteiger partial charge in [0.2, 0.25) is 21.8 Å². The second-order valence-corrected chi connectivity index (χ2v) is 16.1. The smallest absolute Gasteiger partial charge is 0.327 e. The molecule has 0 bridgehead atoms. The quantitative estimate of drug-likeness (QED) is 0.170. The van der Waals surface area contributed by atoms with Gasteiger partial charge in [-0.2, -0.15) is 0 Å². The van der Waals surface area contributed by atoms with Crippen molar-refractivity contribution in [1.82, 2.24) is 24.4 Å². The first-order valence-electron chi connectivity index (χ1n) is 15.1. The molecule has 4 atom stereocenters. The van der Waals surface area contributed by atoms with E-state index in [1.165, 1.54) is 64.0 Å². The number of fused-ring (bicyclic) bond motifs is 1. The molecule has 0 saturated carbocycles. The number of carboxylic acid groups (broad SMARTS) is 1. The van der Waals surface area contributed by atoms with E-state index in [1.54, 1.807) is 32.0 Å². The van der Waals surface area contributed by atoms with Crippen LogP contribution in [0.25, 0.3) is 11.3 Å². The lowest BCUT2D eigenvalue weighted by Gasteiger charge is -2.48. The fourth-order valence-corrected chi connectivity index (χ4v) is 8.59. The molecule has 0 radical (unpaired) electrons. The summed E-state index contributed by atoms with van der Waals surface area (Å²) < 4.78 is 27.0. The van der Waals surface area contributed by atoms with Crippen LogP contribution < -0.4 is 16.0 Å². The molecule has 3 heterocycles. The van der Waals surface area contributed by atoms with E-state index in [-0.39, 0.29) is 29.3 Å². The number of carbonyl (C=O) groups is 3. The lowest BCUT2D eigenvalue weighted by Crippen LogP contribution is -2.71. The summed E-state index contributed by atoms with van der Waals surface area (Å²) in [4.78, 5) is 60.2. The Balaban J connectivity index is 1.41. The molecule has 0 aliphatic carbocycles. The van der Waals surface area contributed by atoms with Gasteiger partial charge in [-0.3, -0.25) is 14.4 Å². The van der Waals surface area contributed by atoms with Gasteiger partial charge in [0, 0.05) is 29.1 Å². The molecule has 14 nitrogen and oxygen atoms in total. The van der Waals surface area contributed by atoms with Crippen molar-refractivity contribution in [3.63, 3.8) is 0 Å². The number of sulfonamides is 1. The van der Waals surface area contributed by atoms with Crippen molar-refractivity contribution >= 4 is 39.6 Å². The lowest BCUT2D eigenvalue weighted by molar-refractivity contribution is -0.169. The number of aliphatic carboxylic acids is 1. The minimum absolute atomic E-state index is 0.0241. The van der Waals surface area contributed by atoms with Crippen LogP contribution in [-0.4, -0.2) is 105 Å². The summed E-state index contributed by atoms with van der Waals surface area (Å²) in [5, 5.41) is 18.9. The number of likely N-dealkylation sites (N-methyl/N-ethyl adjacent to an activating group) is 1. The standard InChI is InChI=1S/C32H38N6O8S2/c1-32(2)26(31(43)44)38-29(42)25(30(38)47-32)37(28(41)24(33)19-5-10-21(39)11-6-19)17-20-9-14-23(35-27(20)40)18-7-12-22(13-8-18)48(45,46)34-15-16-36(3)4/h5-14,24-26,30,34,39H,15-17,33H2,1-4H3,(H,35,40)(H,43,44)/t24?,25-,26+,30-/m1/s1. The van der Waals surface area contributed by atoms with Crippen LogP contribution in [0.3, 0.4) is 0 Å². The van der Waals surface area contributed by atoms with E-state index in [9.17, 15) is 37.8 Å². The van der Waals surface area contributed by atoms with E-state index in [0.29, 0.717) is 23.4 Å². The van der Waals surface area contributed by atoms with E-state index in [1.807, 2.05) is 19.0 Å². The number of benzene rings is 2. The number of nitrogens with zero attached hydrogens (tertiary/aromatic N) is 3. The molecule has 1 unspecified atom stereocenters. The van der Waals surface area contributed by atoms with Gasteiger partial charge in [0.05, 0.1) is 11.4 Å². The van der Waals surface area contributed by atoms with Gasteiger partial charge in [-0.15, -0.1) is 11.8 Å². The molecular formula is C32H38N6O8S2. The molecule has 3 aromatic rings. The van der Waals surface area contributed by atoms with E-state index in [4.69, 9.17) is 5.73 Å². The van der Waals surface area contributed by atoms with Gasteiger partial charge in [-0.1, -0.05) is 24.3 Å². The molecule has 48 heavy (non-hydrogen) atoms. The molecule has 2 aliphatic heterocycles. The number of carboxylic acids is 1. The van der Waals surface area contributed by atoms with Crippen LogP contribution in [0.4, 0.5) is 0 Å². The number of aromatic nitrogens is 1. The first-order chi connectivity index (χ1) is 22.5. The highest BCUT2D eigenvalue weighted by atomic mass is 32.2. The third-order valence-electron chi connectivity index (χ3n) is 8.44. The topological polar surface area (TPSA) is 206 Å². The van der Waals surface area contributed by atoms with E-state index in [2.05, 4.69) is 9.71 Å². The van der Waals surface area contributed by atoms with Crippen molar-refractivity contribution in [3.05, 3.63) is 82.1 Å². The summed E-state index contributed by atoms with van der Waals surface area (Å²) in [5.74, 6) is -2.39. The highest BCUT2D eigenvalue weighted by Gasteiger charge is 2.66. The van der Waals surface area contributed by atoms with Gasteiger partial charge < -0.3 is 35.6 Å². The van der Waals surface area contributed by atoms with Gasteiger partial charge >= 0.3 is 5.97 Å². The maximum atomic E-state index is 14.0. The Morgan fingerprint density at radius 3 is 2.29 bits per heavy atom. The predicted molar refractivity (Wildman–Crippen MR) is 179 cm³/mol. The van der Waals surface area contributed by atoms with Crippen molar-refractivity contribution in [2.75, 3.05) is 27.2 Å². The minimum Gasteiger partial charge on any atom is -0.508 e.